The van der Waals surface area contributed by atoms with Crippen molar-refractivity contribution in [3.05, 3.63) is 35.4 Å². The van der Waals surface area contributed by atoms with E-state index in [2.05, 4.69) is 13.8 Å². The quantitative estimate of drug-likeness (QED) is 0.920. The summed E-state index contributed by atoms with van der Waals surface area (Å²) in [6.45, 7) is 5.15. The first-order valence-corrected chi connectivity index (χ1v) is 7.49. The number of hydrogen-bond donors (Lipinski definition) is 1. The summed E-state index contributed by atoms with van der Waals surface area (Å²) in [5, 5.41) is 0. The molecule has 2 rings (SSSR count). The standard InChI is InChI=1S/C17H26N2O/c1-17(2)10-8-15(9-11-17)19(3)16(20)14-6-4-13(12-18)5-7-14/h4-7,15H,8-12,18H2,1-3H3. The van der Waals surface area contributed by atoms with Gasteiger partial charge in [-0.25, -0.2) is 0 Å². The summed E-state index contributed by atoms with van der Waals surface area (Å²) >= 11 is 0. The molecule has 110 valence electrons. The highest BCUT2D eigenvalue weighted by Crippen LogP contribution is 2.36. The van der Waals surface area contributed by atoms with Crippen molar-refractivity contribution >= 4 is 5.91 Å². The van der Waals surface area contributed by atoms with Gasteiger partial charge in [0.05, 0.1) is 0 Å². The molecule has 0 atom stereocenters. The van der Waals surface area contributed by atoms with Gasteiger partial charge < -0.3 is 10.6 Å². The lowest BCUT2D eigenvalue weighted by molar-refractivity contribution is 0.0635. The van der Waals surface area contributed by atoms with Gasteiger partial charge in [0.25, 0.3) is 5.91 Å². The summed E-state index contributed by atoms with van der Waals surface area (Å²) in [7, 11) is 1.93. The molecule has 20 heavy (non-hydrogen) atoms. The molecular weight excluding hydrogens is 248 g/mol. The second kappa shape index (κ2) is 5.96. The Hall–Kier alpha value is -1.35. The SMILES string of the molecule is CN(C(=O)c1ccc(CN)cc1)C1CCC(C)(C)CC1. The minimum absolute atomic E-state index is 0.123. The van der Waals surface area contributed by atoms with Crippen LogP contribution in [0.15, 0.2) is 24.3 Å². The van der Waals surface area contributed by atoms with E-state index in [0.717, 1.165) is 24.0 Å². The van der Waals surface area contributed by atoms with Crippen LogP contribution in [0, 0.1) is 5.41 Å². The monoisotopic (exact) mass is 274 g/mol. The second-order valence-electron chi connectivity index (χ2n) is 6.71. The molecule has 0 saturated heterocycles. The maximum Gasteiger partial charge on any atom is 0.253 e. The smallest absolute Gasteiger partial charge is 0.253 e. The Morgan fingerprint density at radius 1 is 1.25 bits per heavy atom. The van der Waals surface area contributed by atoms with Crippen molar-refractivity contribution in [3.63, 3.8) is 0 Å². The highest BCUT2D eigenvalue weighted by molar-refractivity contribution is 5.94. The Morgan fingerprint density at radius 2 is 1.80 bits per heavy atom. The van der Waals surface area contributed by atoms with Gasteiger partial charge in [-0.1, -0.05) is 26.0 Å². The van der Waals surface area contributed by atoms with E-state index in [0.29, 0.717) is 18.0 Å². The zero-order chi connectivity index (χ0) is 14.8. The zero-order valence-corrected chi connectivity index (χ0v) is 12.9. The van der Waals surface area contributed by atoms with E-state index in [1.165, 1.54) is 12.8 Å². The molecule has 2 N–H and O–H groups in total. The van der Waals surface area contributed by atoms with Crippen LogP contribution in [0.5, 0.6) is 0 Å². The third-order valence-corrected chi connectivity index (χ3v) is 4.61. The largest absolute Gasteiger partial charge is 0.339 e. The van der Waals surface area contributed by atoms with E-state index in [9.17, 15) is 4.79 Å². The first-order valence-electron chi connectivity index (χ1n) is 7.49. The normalized spacial score (nSPS) is 18.8. The summed E-state index contributed by atoms with van der Waals surface area (Å²) in [4.78, 5) is 14.4. The van der Waals surface area contributed by atoms with E-state index in [-0.39, 0.29) is 5.91 Å². The molecule has 1 aliphatic carbocycles. The van der Waals surface area contributed by atoms with Crippen molar-refractivity contribution in [2.24, 2.45) is 11.1 Å². The van der Waals surface area contributed by atoms with Crippen molar-refractivity contribution in [2.75, 3.05) is 7.05 Å². The highest BCUT2D eigenvalue weighted by Gasteiger charge is 2.30. The van der Waals surface area contributed by atoms with Gasteiger partial charge in [0.1, 0.15) is 0 Å². The number of benzene rings is 1. The predicted molar refractivity (Wildman–Crippen MR) is 82.5 cm³/mol. The van der Waals surface area contributed by atoms with Gasteiger partial charge >= 0.3 is 0 Å². The van der Waals surface area contributed by atoms with Crippen LogP contribution >= 0.6 is 0 Å². The molecule has 0 spiro atoms. The lowest BCUT2D eigenvalue weighted by Gasteiger charge is -2.38. The molecule has 3 nitrogen and oxygen atoms in total. The maximum absolute atomic E-state index is 12.5. The molecule has 0 aromatic heterocycles. The summed E-state index contributed by atoms with van der Waals surface area (Å²) in [5.41, 5.74) is 7.83. The summed E-state index contributed by atoms with van der Waals surface area (Å²) in [5.74, 6) is 0.123. The number of carbonyl (C=O) groups excluding carboxylic acids is 1. The van der Waals surface area contributed by atoms with Gasteiger partial charge in [0.15, 0.2) is 0 Å². The summed E-state index contributed by atoms with van der Waals surface area (Å²) < 4.78 is 0. The van der Waals surface area contributed by atoms with Crippen LogP contribution in [0.2, 0.25) is 0 Å². The molecular formula is C17H26N2O. The summed E-state index contributed by atoms with van der Waals surface area (Å²) in [6, 6.07) is 8.02. The van der Waals surface area contributed by atoms with Crippen molar-refractivity contribution in [1.29, 1.82) is 0 Å². The minimum atomic E-state index is 0.123. The van der Waals surface area contributed by atoms with Gasteiger partial charge in [-0.2, -0.15) is 0 Å². The number of nitrogens with two attached hydrogens (primary N) is 1. The fourth-order valence-electron chi connectivity index (χ4n) is 2.92. The van der Waals surface area contributed by atoms with E-state index in [1.54, 1.807) is 0 Å². The van der Waals surface area contributed by atoms with Crippen LogP contribution in [0.4, 0.5) is 0 Å². The molecule has 1 aromatic rings. The van der Waals surface area contributed by atoms with Gasteiger partial charge in [-0.05, 0) is 48.8 Å². The Kier molecular flexibility index (Phi) is 4.48. The van der Waals surface area contributed by atoms with Crippen LogP contribution in [0.3, 0.4) is 0 Å². The predicted octanol–water partition coefficient (Wildman–Crippen LogP) is 3.19. The second-order valence-corrected chi connectivity index (χ2v) is 6.71. The summed E-state index contributed by atoms with van der Waals surface area (Å²) in [6.07, 6.45) is 4.61. The van der Waals surface area contributed by atoms with Crippen molar-refractivity contribution < 1.29 is 4.79 Å². The molecule has 0 heterocycles. The van der Waals surface area contributed by atoms with E-state index < -0.39 is 0 Å². The minimum Gasteiger partial charge on any atom is -0.339 e. The molecule has 1 aliphatic rings. The third-order valence-electron chi connectivity index (χ3n) is 4.61. The molecule has 1 saturated carbocycles. The molecule has 0 bridgehead atoms. The van der Waals surface area contributed by atoms with Gasteiger partial charge in [0.2, 0.25) is 0 Å². The molecule has 0 aliphatic heterocycles. The van der Waals surface area contributed by atoms with Crippen LogP contribution in [-0.2, 0) is 6.54 Å². The van der Waals surface area contributed by atoms with Gasteiger partial charge in [0, 0.05) is 25.2 Å². The van der Waals surface area contributed by atoms with Crippen molar-refractivity contribution in [2.45, 2.75) is 52.1 Å². The topological polar surface area (TPSA) is 46.3 Å². The third kappa shape index (κ3) is 3.40. The molecule has 3 heteroatoms. The number of carbonyl (C=O) groups is 1. The molecule has 1 amide bonds. The fourth-order valence-corrected chi connectivity index (χ4v) is 2.92. The van der Waals surface area contributed by atoms with Crippen molar-refractivity contribution in [3.8, 4) is 0 Å². The number of hydrogen-bond acceptors (Lipinski definition) is 2. The number of rotatable bonds is 3. The Bertz CT molecular complexity index is 454. The Labute approximate surface area is 122 Å². The first-order chi connectivity index (χ1) is 9.43. The lowest BCUT2D eigenvalue weighted by atomic mass is 9.75. The van der Waals surface area contributed by atoms with Gasteiger partial charge in [-0.3, -0.25) is 4.79 Å². The van der Waals surface area contributed by atoms with Crippen molar-refractivity contribution in [1.82, 2.24) is 4.90 Å². The average Bonchev–Trinajstić information content (AvgIpc) is 2.46. The Morgan fingerprint density at radius 3 is 2.30 bits per heavy atom. The number of nitrogens with zero attached hydrogens (tertiary/aromatic N) is 1. The molecule has 0 radical (unpaired) electrons. The maximum atomic E-state index is 12.5. The van der Waals surface area contributed by atoms with Crippen LogP contribution in [-0.4, -0.2) is 23.9 Å². The van der Waals surface area contributed by atoms with Gasteiger partial charge in [-0.15, -0.1) is 0 Å². The van der Waals surface area contributed by atoms with E-state index in [1.807, 2.05) is 36.2 Å². The molecule has 1 fully saturated rings. The molecule has 0 unspecified atom stereocenters. The van der Waals surface area contributed by atoms with Crippen LogP contribution in [0.1, 0.15) is 55.5 Å². The highest BCUT2D eigenvalue weighted by atomic mass is 16.2. The fraction of sp³-hybridized carbons (Fsp3) is 0.588. The van der Waals surface area contributed by atoms with Crippen LogP contribution < -0.4 is 5.73 Å². The Balaban J connectivity index is 2.01. The van der Waals surface area contributed by atoms with E-state index >= 15 is 0 Å². The number of amides is 1. The first kappa shape index (κ1) is 15.0. The van der Waals surface area contributed by atoms with E-state index in [4.69, 9.17) is 5.73 Å². The zero-order valence-electron chi connectivity index (χ0n) is 12.9. The lowest BCUT2D eigenvalue weighted by Crippen LogP contribution is -2.40. The van der Waals surface area contributed by atoms with Crippen LogP contribution in [0.25, 0.3) is 0 Å². The average molecular weight is 274 g/mol. The molecule has 1 aromatic carbocycles.